The summed E-state index contributed by atoms with van der Waals surface area (Å²) in [5.74, 6) is 0. The van der Waals surface area contributed by atoms with Crippen molar-refractivity contribution in [2.75, 3.05) is 19.6 Å². The number of nitrogens with zero attached hydrogens (tertiary/aromatic N) is 1. The highest BCUT2D eigenvalue weighted by atomic mass is 35.5. The molecule has 2 atom stereocenters. The molecule has 1 aliphatic rings. The highest BCUT2D eigenvalue weighted by Gasteiger charge is 2.22. The van der Waals surface area contributed by atoms with Crippen molar-refractivity contribution in [2.24, 2.45) is 0 Å². The first-order chi connectivity index (χ1) is 10.7. The minimum Gasteiger partial charge on any atom is -0.373 e. The lowest BCUT2D eigenvalue weighted by molar-refractivity contribution is -0.0652. The van der Waals surface area contributed by atoms with Gasteiger partial charge in [0.25, 0.3) is 0 Å². The van der Waals surface area contributed by atoms with E-state index in [9.17, 15) is 0 Å². The fourth-order valence-corrected chi connectivity index (χ4v) is 3.37. The van der Waals surface area contributed by atoms with E-state index >= 15 is 0 Å². The Bertz CT molecular complexity index is 546. The van der Waals surface area contributed by atoms with Crippen LogP contribution < -0.4 is 0 Å². The summed E-state index contributed by atoms with van der Waals surface area (Å²) in [4.78, 5) is 2.43. The molecule has 0 saturated carbocycles. The van der Waals surface area contributed by atoms with Crippen LogP contribution in [-0.4, -0.2) is 36.7 Å². The second-order valence-corrected chi connectivity index (χ2v) is 8.25. The molecule has 0 spiro atoms. The van der Waals surface area contributed by atoms with Crippen LogP contribution in [0, 0.1) is 0 Å². The van der Waals surface area contributed by atoms with Gasteiger partial charge in [-0.15, -0.1) is 0 Å². The summed E-state index contributed by atoms with van der Waals surface area (Å²) in [6.45, 7) is 15.9. The first-order valence-corrected chi connectivity index (χ1v) is 8.88. The molecule has 0 N–H and O–H groups in total. The van der Waals surface area contributed by atoms with Gasteiger partial charge >= 0.3 is 0 Å². The number of halogens is 1. The highest BCUT2D eigenvalue weighted by molar-refractivity contribution is 6.49. The van der Waals surface area contributed by atoms with Crippen LogP contribution in [0.3, 0.4) is 0 Å². The van der Waals surface area contributed by atoms with Crippen LogP contribution in [0.1, 0.15) is 52.7 Å². The zero-order chi connectivity index (χ0) is 17.2. The lowest BCUT2D eigenvalue weighted by Crippen LogP contribution is -2.45. The lowest BCUT2D eigenvalue weighted by Gasteiger charge is -2.35. The fraction of sp³-hybridized carbons (Fsp3) is 0.600. The Labute approximate surface area is 146 Å². The van der Waals surface area contributed by atoms with Crippen molar-refractivity contribution in [1.29, 1.82) is 0 Å². The largest absolute Gasteiger partial charge is 0.373 e. The summed E-state index contributed by atoms with van der Waals surface area (Å²) >= 11 is 6.64. The Kier molecular flexibility index (Phi) is 5.94. The molecule has 0 aliphatic carbocycles. The molecule has 1 aromatic carbocycles. The summed E-state index contributed by atoms with van der Waals surface area (Å²) in [6, 6.07) is 8.64. The minimum atomic E-state index is 0.170. The molecule has 128 valence electrons. The Hall–Kier alpha value is -0.830. The lowest BCUT2D eigenvalue weighted by atomic mass is 9.86. The van der Waals surface area contributed by atoms with Crippen molar-refractivity contribution in [2.45, 2.75) is 59.2 Å². The average molecular weight is 336 g/mol. The summed E-state index contributed by atoms with van der Waals surface area (Å²) in [7, 11) is 0. The standard InChI is InChI=1S/C20H30ClNO/c1-14(11-22-12-15(2)23-16(3)13-22)19(21)17-7-9-18(10-8-17)20(4,5)6/h7-10,15-16H,11-13H2,1-6H3/b19-14+/t15-,16+. The van der Waals surface area contributed by atoms with Gasteiger partial charge in [-0.1, -0.05) is 56.6 Å². The van der Waals surface area contributed by atoms with Crippen molar-refractivity contribution in [3.05, 3.63) is 41.0 Å². The van der Waals surface area contributed by atoms with Gasteiger partial charge in [-0.3, -0.25) is 4.90 Å². The van der Waals surface area contributed by atoms with E-state index in [4.69, 9.17) is 16.3 Å². The molecule has 1 heterocycles. The minimum absolute atomic E-state index is 0.170. The maximum atomic E-state index is 6.64. The Balaban J connectivity index is 2.10. The van der Waals surface area contributed by atoms with Gasteiger partial charge < -0.3 is 4.74 Å². The second-order valence-electron chi connectivity index (χ2n) is 7.87. The molecular formula is C20H30ClNO. The molecule has 2 nitrogen and oxygen atoms in total. The van der Waals surface area contributed by atoms with Crippen LogP contribution in [0.2, 0.25) is 0 Å². The van der Waals surface area contributed by atoms with Crippen LogP contribution in [0.15, 0.2) is 29.8 Å². The molecular weight excluding hydrogens is 306 g/mol. The molecule has 1 aliphatic heterocycles. The van der Waals surface area contributed by atoms with Crippen LogP contribution in [-0.2, 0) is 10.2 Å². The molecule has 1 aromatic rings. The molecule has 0 bridgehead atoms. The third kappa shape index (κ3) is 5.07. The van der Waals surface area contributed by atoms with Gasteiger partial charge in [0.15, 0.2) is 0 Å². The van der Waals surface area contributed by atoms with Crippen molar-refractivity contribution < 1.29 is 4.74 Å². The van der Waals surface area contributed by atoms with Gasteiger partial charge in [0.1, 0.15) is 0 Å². The van der Waals surface area contributed by atoms with E-state index in [0.29, 0.717) is 0 Å². The SMILES string of the molecule is C/C(CN1C[C@@H](C)O[C@@H](C)C1)=C(\Cl)c1ccc(C(C)(C)C)cc1. The molecule has 0 aromatic heterocycles. The van der Waals surface area contributed by atoms with E-state index in [-0.39, 0.29) is 17.6 Å². The van der Waals surface area contributed by atoms with E-state index in [1.165, 1.54) is 11.1 Å². The maximum absolute atomic E-state index is 6.64. The van der Waals surface area contributed by atoms with Crippen molar-refractivity contribution in [1.82, 2.24) is 4.90 Å². The van der Waals surface area contributed by atoms with Crippen molar-refractivity contribution in [3.8, 4) is 0 Å². The Morgan fingerprint density at radius 1 is 1.13 bits per heavy atom. The smallest absolute Gasteiger partial charge is 0.0678 e. The second kappa shape index (κ2) is 7.38. The Morgan fingerprint density at radius 3 is 2.13 bits per heavy atom. The van der Waals surface area contributed by atoms with E-state index in [1.54, 1.807) is 0 Å². The van der Waals surface area contributed by atoms with E-state index in [1.807, 2.05) is 0 Å². The highest BCUT2D eigenvalue weighted by Crippen LogP contribution is 2.28. The van der Waals surface area contributed by atoms with Gasteiger partial charge in [-0.2, -0.15) is 0 Å². The number of morpholine rings is 1. The third-order valence-corrected chi connectivity index (χ3v) is 4.88. The topological polar surface area (TPSA) is 12.5 Å². The molecule has 1 fully saturated rings. The van der Waals surface area contributed by atoms with Gasteiger partial charge in [-0.25, -0.2) is 0 Å². The number of rotatable bonds is 3. The van der Waals surface area contributed by atoms with E-state index in [0.717, 1.165) is 30.2 Å². The zero-order valence-electron chi connectivity index (χ0n) is 15.3. The summed E-state index contributed by atoms with van der Waals surface area (Å²) in [5.41, 5.74) is 3.83. The zero-order valence-corrected chi connectivity index (χ0v) is 16.1. The molecule has 0 unspecified atom stereocenters. The Morgan fingerprint density at radius 2 is 1.65 bits per heavy atom. The quantitative estimate of drug-likeness (QED) is 0.765. The third-order valence-electron chi connectivity index (χ3n) is 4.34. The normalized spacial score (nSPS) is 24.5. The maximum Gasteiger partial charge on any atom is 0.0678 e. The first-order valence-electron chi connectivity index (χ1n) is 8.51. The molecule has 2 rings (SSSR count). The molecule has 3 heteroatoms. The van der Waals surface area contributed by atoms with Crippen LogP contribution in [0.25, 0.3) is 5.03 Å². The summed E-state index contributed by atoms with van der Waals surface area (Å²) in [5, 5.41) is 0.872. The number of hydrogen-bond donors (Lipinski definition) is 0. The van der Waals surface area contributed by atoms with E-state index in [2.05, 4.69) is 70.7 Å². The first kappa shape index (κ1) is 18.5. The predicted octanol–water partition coefficient (Wildman–Crippen LogP) is 5.06. The summed E-state index contributed by atoms with van der Waals surface area (Å²) < 4.78 is 5.80. The van der Waals surface area contributed by atoms with Crippen molar-refractivity contribution >= 4 is 16.6 Å². The van der Waals surface area contributed by atoms with Crippen molar-refractivity contribution in [3.63, 3.8) is 0 Å². The monoisotopic (exact) mass is 335 g/mol. The molecule has 1 saturated heterocycles. The number of benzene rings is 1. The molecule has 0 radical (unpaired) electrons. The van der Waals surface area contributed by atoms with Crippen LogP contribution in [0.4, 0.5) is 0 Å². The van der Waals surface area contributed by atoms with Crippen LogP contribution >= 0.6 is 11.6 Å². The van der Waals surface area contributed by atoms with Gasteiger partial charge in [0.05, 0.1) is 12.2 Å². The average Bonchev–Trinajstić information content (AvgIpc) is 2.44. The predicted molar refractivity (Wildman–Crippen MR) is 100 cm³/mol. The molecule has 0 amide bonds. The fourth-order valence-electron chi connectivity index (χ4n) is 3.18. The van der Waals surface area contributed by atoms with Gasteiger partial charge in [0, 0.05) is 24.7 Å². The van der Waals surface area contributed by atoms with Gasteiger partial charge in [-0.05, 0) is 42.9 Å². The molecule has 23 heavy (non-hydrogen) atoms. The van der Waals surface area contributed by atoms with Crippen LogP contribution in [0.5, 0.6) is 0 Å². The number of hydrogen-bond acceptors (Lipinski definition) is 2. The summed E-state index contributed by atoms with van der Waals surface area (Å²) in [6.07, 6.45) is 0.577. The number of ether oxygens (including phenoxy) is 1. The van der Waals surface area contributed by atoms with Gasteiger partial charge in [0.2, 0.25) is 0 Å². The van der Waals surface area contributed by atoms with E-state index < -0.39 is 0 Å².